The highest BCUT2D eigenvalue weighted by atomic mass is 16.5. The molecule has 1 aromatic heterocycles. The van der Waals surface area contributed by atoms with Crippen molar-refractivity contribution in [2.24, 2.45) is 0 Å². The monoisotopic (exact) mass is 254 g/mol. The van der Waals surface area contributed by atoms with Crippen molar-refractivity contribution in [3.05, 3.63) is 48.8 Å². The molecule has 3 aromatic rings. The highest BCUT2D eigenvalue weighted by Gasteiger charge is 2.05. The number of ether oxygens (including phenoxy) is 1. The summed E-state index contributed by atoms with van der Waals surface area (Å²) in [5.41, 5.74) is 2.74. The molecule has 1 N–H and O–H groups in total. The maximum Gasteiger partial charge on any atom is 0.119 e. The molecule has 0 atom stereocenters. The first-order valence-corrected chi connectivity index (χ1v) is 6.17. The van der Waals surface area contributed by atoms with Crippen LogP contribution in [0.4, 0.5) is 0 Å². The van der Waals surface area contributed by atoms with Gasteiger partial charge in [0.05, 0.1) is 17.6 Å². The number of nitrogens with zero attached hydrogens (tertiary/aromatic N) is 2. The van der Waals surface area contributed by atoms with Crippen molar-refractivity contribution >= 4 is 11.0 Å². The fraction of sp³-hybridized carbons (Fsp3) is 0.133. The van der Waals surface area contributed by atoms with Gasteiger partial charge in [0.15, 0.2) is 0 Å². The summed E-state index contributed by atoms with van der Waals surface area (Å²) >= 11 is 0. The van der Waals surface area contributed by atoms with Crippen LogP contribution in [0.3, 0.4) is 0 Å². The molecule has 0 radical (unpaired) electrons. The molecular formula is C15H14N2O2. The minimum Gasteiger partial charge on any atom is -0.508 e. The molecule has 0 bridgehead atoms. The first-order chi connectivity index (χ1) is 9.28. The van der Waals surface area contributed by atoms with Crippen molar-refractivity contribution in [3.63, 3.8) is 0 Å². The Labute approximate surface area is 110 Å². The van der Waals surface area contributed by atoms with Crippen molar-refractivity contribution in [1.29, 1.82) is 0 Å². The average molecular weight is 254 g/mol. The Morgan fingerprint density at radius 2 is 1.95 bits per heavy atom. The molecule has 4 heteroatoms. The third kappa shape index (κ3) is 2.12. The lowest BCUT2D eigenvalue weighted by Gasteiger charge is -2.06. The molecule has 2 aromatic carbocycles. The molecule has 1 heterocycles. The highest BCUT2D eigenvalue weighted by Crippen LogP contribution is 2.23. The van der Waals surface area contributed by atoms with E-state index in [1.165, 1.54) is 0 Å². The molecule has 0 amide bonds. The van der Waals surface area contributed by atoms with Crippen LogP contribution in [0.25, 0.3) is 16.7 Å². The first kappa shape index (κ1) is 11.6. The van der Waals surface area contributed by atoms with E-state index in [4.69, 9.17) is 4.74 Å². The lowest BCUT2D eigenvalue weighted by Crippen LogP contribution is -1.94. The summed E-state index contributed by atoms with van der Waals surface area (Å²) in [5, 5.41) is 9.44. The third-order valence-electron chi connectivity index (χ3n) is 2.96. The number of rotatable bonds is 3. The summed E-state index contributed by atoms with van der Waals surface area (Å²) in [7, 11) is 0. The van der Waals surface area contributed by atoms with Crippen LogP contribution in [0.2, 0.25) is 0 Å². The molecule has 0 saturated carbocycles. The Morgan fingerprint density at radius 3 is 2.68 bits per heavy atom. The van der Waals surface area contributed by atoms with Gasteiger partial charge in [-0.15, -0.1) is 0 Å². The van der Waals surface area contributed by atoms with E-state index in [-0.39, 0.29) is 5.75 Å². The maximum absolute atomic E-state index is 9.44. The minimum atomic E-state index is 0.226. The lowest BCUT2D eigenvalue weighted by atomic mass is 10.2. The zero-order chi connectivity index (χ0) is 13.2. The van der Waals surface area contributed by atoms with Gasteiger partial charge in [-0.2, -0.15) is 0 Å². The predicted molar refractivity (Wildman–Crippen MR) is 73.9 cm³/mol. The van der Waals surface area contributed by atoms with Crippen LogP contribution in [0.15, 0.2) is 48.8 Å². The Bertz CT molecular complexity index is 702. The Hall–Kier alpha value is -2.49. The molecule has 0 aliphatic heterocycles. The number of phenols is 1. The lowest BCUT2D eigenvalue weighted by molar-refractivity contribution is 0.340. The van der Waals surface area contributed by atoms with E-state index in [9.17, 15) is 5.11 Å². The summed E-state index contributed by atoms with van der Waals surface area (Å²) in [5.74, 6) is 1.08. The molecule has 0 saturated heterocycles. The molecule has 0 aliphatic rings. The zero-order valence-electron chi connectivity index (χ0n) is 10.6. The highest BCUT2D eigenvalue weighted by molar-refractivity contribution is 5.78. The average Bonchev–Trinajstić information content (AvgIpc) is 2.83. The van der Waals surface area contributed by atoms with E-state index in [1.54, 1.807) is 18.5 Å². The molecule has 0 unspecified atom stereocenters. The molecule has 0 aliphatic carbocycles. The molecule has 4 nitrogen and oxygen atoms in total. The topological polar surface area (TPSA) is 47.3 Å². The second-order valence-electron chi connectivity index (χ2n) is 4.21. The van der Waals surface area contributed by atoms with Crippen molar-refractivity contribution in [1.82, 2.24) is 9.55 Å². The fourth-order valence-corrected chi connectivity index (χ4v) is 2.08. The van der Waals surface area contributed by atoms with E-state index in [0.29, 0.717) is 6.61 Å². The first-order valence-electron chi connectivity index (χ1n) is 6.17. The largest absolute Gasteiger partial charge is 0.508 e. The number of aromatic nitrogens is 2. The van der Waals surface area contributed by atoms with Gasteiger partial charge in [-0.3, -0.25) is 4.57 Å². The van der Waals surface area contributed by atoms with Crippen LogP contribution in [0.1, 0.15) is 6.92 Å². The summed E-state index contributed by atoms with van der Waals surface area (Å²) in [6, 6.07) is 13.0. The van der Waals surface area contributed by atoms with Crippen molar-refractivity contribution in [3.8, 4) is 17.2 Å². The van der Waals surface area contributed by atoms with Crippen LogP contribution in [0.5, 0.6) is 11.5 Å². The van der Waals surface area contributed by atoms with E-state index in [0.717, 1.165) is 22.5 Å². The fourth-order valence-electron chi connectivity index (χ4n) is 2.08. The van der Waals surface area contributed by atoms with Gasteiger partial charge >= 0.3 is 0 Å². The summed E-state index contributed by atoms with van der Waals surface area (Å²) in [6.45, 7) is 2.62. The molecule has 3 rings (SSSR count). The Balaban J connectivity index is 2.04. The predicted octanol–water partition coefficient (Wildman–Crippen LogP) is 3.13. The maximum atomic E-state index is 9.44. The molecule has 96 valence electrons. The molecular weight excluding hydrogens is 240 g/mol. The summed E-state index contributed by atoms with van der Waals surface area (Å²) < 4.78 is 7.40. The molecule has 19 heavy (non-hydrogen) atoms. The Kier molecular flexibility index (Phi) is 2.83. The van der Waals surface area contributed by atoms with Crippen molar-refractivity contribution in [2.45, 2.75) is 6.92 Å². The third-order valence-corrected chi connectivity index (χ3v) is 2.96. The zero-order valence-corrected chi connectivity index (χ0v) is 10.6. The SMILES string of the molecule is CCOc1ccc(-n2cnc3cc(O)ccc32)cc1. The van der Waals surface area contributed by atoms with E-state index < -0.39 is 0 Å². The number of fused-ring (bicyclic) bond motifs is 1. The van der Waals surface area contributed by atoms with Gasteiger partial charge in [0.25, 0.3) is 0 Å². The van der Waals surface area contributed by atoms with Gasteiger partial charge in [-0.05, 0) is 43.3 Å². The summed E-state index contributed by atoms with van der Waals surface area (Å²) in [4.78, 5) is 4.29. The molecule has 0 fully saturated rings. The van der Waals surface area contributed by atoms with E-state index >= 15 is 0 Å². The Morgan fingerprint density at radius 1 is 1.16 bits per heavy atom. The van der Waals surface area contributed by atoms with E-state index in [2.05, 4.69) is 4.98 Å². The van der Waals surface area contributed by atoms with Crippen LogP contribution in [-0.4, -0.2) is 21.3 Å². The van der Waals surface area contributed by atoms with Crippen LogP contribution < -0.4 is 4.74 Å². The number of benzene rings is 2. The number of imidazole rings is 1. The van der Waals surface area contributed by atoms with Gasteiger partial charge in [0.2, 0.25) is 0 Å². The van der Waals surface area contributed by atoms with Crippen molar-refractivity contribution in [2.75, 3.05) is 6.61 Å². The number of aromatic hydroxyl groups is 1. The normalized spacial score (nSPS) is 10.8. The van der Waals surface area contributed by atoms with Gasteiger partial charge in [-0.25, -0.2) is 4.98 Å². The second kappa shape index (κ2) is 4.65. The second-order valence-corrected chi connectivity index (χ2v) is 4.21. The molecule has 0 spiro atoms. The van der Waals surface area contributed by atoms with Crippen LogP contribution >= 0.6 is 0 Å². The van der Waals surface area contributed by atoms with Crippen molar-refractivity contribution < 1.29 is 9.84 Å². The standard InChI is InChI=1S/C15H14N2O2/c1-2-19-13-6-3-11(4-7-13)17-10-16-14-9-12(18)5-8-15(14)17/h3-10,18H,2H2,1H3. The van der Waals surface area contributed by atoms with Gasteiger partial charge < -0.3 is 9.84 Å². The quantitative estimate of drug-likeness (QED) is 0.781. The number of hydrogen-bond acceptors (Lipinski definition) is 3. The summed E-state index contributed by atoms with van der Waals surface area (Å²) in [6.07, 6.45) is 1.75. The van der Waals surface area contributed by atoms with Gasteiger partial charge in [0.1, 0.15) is 17.8 Å². The number of hydrogen-bond donors (Lipinski definition) is 1. The van der Waals surface area contributed by atoms with E-state index in [1.807, 2.05) is 41.8 Å². The number of phenolic OH excluding ortho intramolecular Hbond substituents is 1. The minimum absolute atomic E-state index is 0.226. The van der Waals surface area contributed by atoms with Gasteiger partial charge in [0, 0.05) is 11.8 Å². The van der Waals surface area contributed by atoms with Gasteiger partial charge in [-0.1, -0.05) is 0 Å². The van der Waals surface area contributed by atoms with Crippen LogP contribution in [0, 0.1) is 0 Å². The smallest absolute Gasteiger partial charge is 0.119 e. The van der Waals surface area contributed by atoms with Crippen LogP contribution in [-0.2, 0) is 0 Å².